The maximum Gasteiger partial charge on any atom is 0.305 e. The average Bonchev–Trinajstić information content (AvgIpc) is 2.76. The second kappa shape index (κ2) is 4.64. The summed E-state index contributed by atoms with van der Waals surface area (Å²) in [5, 5.41) is 0.526. The second-order valence-corrected chi connectivity index (χ2v) is 5.52. The van der Waals surface area contributed by atoms with Crippen molar-refractivity contribution in [1.29, 1.82) is 0 Å². The molecule has 5 heteroatoms. The fourth-order valence-corrected chi connectivity index (χ4v) is 2.85. The predicted molar refractivity (Wildman–Crippen MR) is 77.3 cm³/mol. The van der Waals surface area contributed by atoms with Crippen LogP contribution in [0.1, 0.15) is 15.9 Å². The summed E-state index contributed by atoms with van der Waals surface area (Å²) >= 11 is 6.97. The highest BCUT2D eigenvalue weighted by Crippen LogP contribution is 2.20. The van der Waals surface area contributed by atoms with Crippen molar-refractivity contribution >= 4 is 38.9 Å². The van der Waals surface area contributed by atoms with Crippen LogP contribution in [0.25, 0.3) is 10.2 Å². The Labute approximate surface area is 117 Å². The molecule has 0 saturated heterocycles. The van der Waals surface area contributed by atoms with Crippen LogP contribution in [0.3, 0.4) is 0 Å². The number of nitrogens with one attached hydrogen (secondary N) is 1. The molecule has 0 fully saturated rings. The molecule has 0 saturated carbocycles. The number of benzene rings is 2. The zero-order valence-corrected chi connectivity index (χ0v) is 11.2. The quantitative estimate of drug-likeness (QED) is 0.734. The van der Waals surface area contributed by atoms with Gasteiger partial charge in [0.2, 0.25) is 0 Å². The van der Waals surface area contributed by atoms with Gasteiger partial charge in [-0.25, -0.2) is 0 Å². The third kappa shape index (κ3) is 2.32. The van der Waals surface area contributed by atoms with Crippen molar-refractivity contribution < 1.29 is 4.79 Å². The molecule has 0 bridgehead atoms. The van der Waals surface area contributed by atoms with E-state index in [1.54, 1.807) is 42.5 Å². The number of aromatic nitrogens is 1. The summed E-state index contributed by atoms with van der Waals surface area (Å²) in [5.74, 6) is -0.106. The first-order valence-electron chi connectivity index (χ1n) is 5.56. The molecular formula is C14H8ClNO2S. The number of H-pyrrole nitrogens is 1. The second-order valence-electron chi connectivity index (χ2n) is 4.06. The zero-order valence-electron chi connectivity index (χ0n) is 9.64. The fraction of sp³-hybridized carbons (Fsp3) is 0. The highest BCUT2D eigenvalue weighted by Gasteiger charge is 2.11. The number of ketones is 1. The maximum atomic E-state index is 12.3. The van der Waals surface area contributed by atoms with E-state index in [2.05, 4.69) is 4.98 Å². The van der Waals surface area contributed by atoms with Gasteiger partial charge < -0.3 is 4.98 Å². The van der Waals surface area contributed by atoms with E-state index in [9.17, 15) is 9.59 Å². The third-order valence-electron chi connectivity index (χ3n) is 2.77. The molecule has 3 rings (SSSR count). The Morgan fingerprint density at radius 2 is 1.89 bits per heavy atom. The molecular weight excluding hydrogens is 282 g/mol. The number of carbonyl (C=O) groups is 1. The first kappa shape index (κ1) is 12.1. The van der Waals surface area contributed by atoms with Crippen LogP contribution in [0.5, 0.6) is 0 Å². The van der Waals surface area contributed by atoms with Crippen molar-refractivity contribution in [2.24, 2.45) is 0 Å². The Hall–Kier alpha value is -1.91. The SMILES string of the molecule is O=C(c1cccc(Cl)c1)c1ccc2[nH]c(=O)sc2c1. The summed E-state index contributed by atoms with van der Waals surface area (Å²) in [6.45, 7) is 0. The number of carbonyl (C=O) groups excluding carboxylic acids is 1. The van der Waals surface area contributed by atoms with Crippen LogP contribution in [-0.4, -0.2) is 10.8 Å². The number of aromatic amines is 1. The molecule has 1 heterocycles. The molecule has 0 atom stereocenters. The lowest BCUT2D eigenvalue weighted by Crippen LogP contribution is -2.00. The average molecular weight is 290 g/mol. The van der Waals surface area contributed by atoms with Crippen LogP contribution in [-0.2, 0) is 0 Å². The summed E-state index contributed by atoms with van der Waals surface area (Å²) < 4.78 is 0.776. The van der Waals surface area contributed by atoms with Gasteiger partial charge in [0.25, 0.3) is 0 Å². The van der Waals surface area contributed by atoms with Crippen LogP contribution in [0.2, 0.25) is 5.02 Å². The molecule has 94 valence electrons. The molecule has 1 N–H and O–H groups in total. The maximum absolute atomic E-state index is 12.3. The minimum absolute atomic E-state index is 0.106. The molecule has 0 aliphatic heterocycles. The Balaban J connectivity index is 2.08. The van der Waals surface area contributed by atoms with Crippen molar-refractivity contribution in [2.45, 2.75) is 0 Å². The summed E-state index contributed by atoms with van der Waals surface area (Å²) in [7, 11) is 0. The first-order chi connectivity index (χ1) is 9.13. The van der Waals surface area contributed by atoms with Crippen LogP contribution < -0.4 is 4.87 Å². The van der Waals surface area contributed by atoms with Crippen molar-refractivity contribution in [3.63, 3.8) is 0 Å². The summed E-state index contributed by atoms with van der Waals surface area (Å²) in [6.07, 6.45) is 0. The number of rotatable bonds is 2. The number of thiazole rings is 1. The summed E-state index contributed by atoms with van der Waals surface area (Å²) in [6, 6.07) is 12.0. The smallest absolute Gasteiger partial charge is 0.305 e. The van der Waals surface area contributed by atoms with Gasteiger partial charge in [-0.1, -0.05) is 35.1 Å². The Morgan fingerprint density at radius 1 is 1.11 bits per heavy atom. The van der Waals surface area contributed by atoms with Gasteiger partial charge >= 0.3 is 4.87 Å². The van der Waals surface area contributed by atoms with Gasteiger partial charge in [-0.2, -0.15) is 0 Å². The van der Waals surface area contributed by atoms with Crippen LogP contribution in [0, 0.1) is 0 Å². The lowest BCUT2D eigenvalue weighted by atomic mass is 10.0. The van der Waals surface area contributed by atoms with E-state index >= 15 is 0 Å². The van der Waals surface area contributed by atoms with Crippen molar-refractivity contribution in [3.05, 3.63) is 68.3 Å². The van der Waals surface area contributed by atoms with Crippen molar-refractivity contribution in [2.75, 3.05) is 0 Å². The van der Waals surface area contributed by atoms with Gasteiger partial charge in [0.15, 0.2) is 5.78 Å². The molecule has 19 heavy (non-hydrogen) atoms. The molecule has 3 nitrogen and oxygen atoms in total. The molecule has 3 aromatic rings. The minimum Gasteiger partial charge on any atom is -0.312 e. The molecule has 1 aromatic heterocycles. The van der Waals surface area contributed by atoms with E-state index in [4.69, 9.17) is 11.6 Å². The van der Waals surface area contributed by atoms with Crippen LogP contribution in [0.15, 0.2) is 47.3 Å². The normalized spacial score (nSPS) is 10.8. The molecule has 0 radical (unpaired) electrons. The molecule has 2 aromatic carbocycles. The van der Waals surface area contributed by atoms with Crippen molar-refractivity contribution in [3.8, 4) is 0 Å². The lowest BCUT2D eigenvalue weighted by molar-refractivity contribution is 0.103. The Kier molecular flexibility index (Phi) is 2.97. The monoisotopic (exact) mass is 289 g/mol. The van der Waals surface area contributed by atoms with Gasteiger partial charge in [0.1, 0.15) is 0 Å². The molecule has 0 amide bonds. The Bertz CT molecular complexity index is 835. The van der Waals surface area contributed by atoms with E-state index in [1.807, 2.05) is 0 Å². The van der Waals surface area contributed by atoms with Gasteiger partial charge in [-0.15, -0.1) is 0 Å². The molecule has 0 aliphatic carbocycles. The van der Waals surface area contributed by atoms with Gasteiger partial charge in [0, 0.05) is 16.1 Å². The largest absolute Gasteiger partial charge is 0.312 e. The molecule has 0 aliphatic rings. The molecule has 0 spiro atoms. The standard InChI is InChI=1S/C14H8ClNO2S/c15-10-3-1-2-8(6-10)13(17)9-4-5-11-12(7-9)19-14(18)16-11/h1-7H,(H,16,18). The van der Waals surface area contributed by atoms with E-state index in [-0.39, 0.29) is 10.7 Å². The zero-order chi connectivity index (χ0) is 13.4. The number of halogens is 1. The fourth-order valence-electron chi connectivity index (χ4n) is 1.88. The summed E-state index contributed by atoms with van der Waals surface area (Å²) in [5.41, 5.74) is 1.83. The van der Waals surface area contributed by atoms with Gasteiger partial charge in [-0.05, 0) is 30.3 Å². The molecule has 0 unspecified atom stereocenters. The highest BCUT2D eigenvalue weighted by atomic mass is 35.5. The number of fused-ring (bicyclic) bond motifs is 1. The topological polar surface area (TPSA) is 49.9 Å². The Morgan fingerprint density at radius 3 is 2.68 bits per heavy atom. The number of hydrogen-bond donors (Lipinski definition) is 1. The third-order valence-corrected chi connectivity index (χ3v) is 3.85. The van der Waals surface area contributed by atoms with Gasteiger partial charge in [0.05, 0.1) is 10.2 Å². The summed E-state index contributed by atoms with van der Waals surface area (Å²) in [4.78, 5) is 26.1. The van der Waals surface area contributed by atoms with Crippen LogP contribution >= 0.6 is 22.9 Å². The van der Waals surface area contributed by atoms with E-state index in [1.165, 1.54) is 0 Å². The highest BCUT2D eigenvalue weighted by molar-refractivity contribution is 7.16. The predicted octanol–water partition coefficient (Wildman–Crippen LogP) is 3.47. The van der Waals surface area contributed by atoms with Crippen LogP contribution in [0.4, 0.5) is 0 Å². The van der Waals surface area contributed by atoms with Crippen molar-refractivity contribution in [1.82, 2.24) is 4.98 Å². The van der Waals surface area contributed by atoms with E-state index in [0.29, 0.717) is 16.1 Å². The van der Waals surface area contributed by atoms with E-state index in [0.717, 1.165) is 21.6 Å². The first-order valence-corrected chi connectivity index (χ1v) is 6.76. The number of hydrogen-bond acceptors (Lipinski definition) is 3. The minimum atomic E-state index is -0.123. The van der Waals surface area contributed by atoms with Gasteiger partial charge in [-0.3, -0.25) is 9.59 Å². The lowest BCUT2D eigenvalue weighted by Gasteiger charge is -2.01. The van der Waals surface area contributed by atoms with E-state index < -0.39 is 0 Å².